The second kappa shape index (κ2) is 7.50. The van der Waals surface area contributed by atoms with Gasteiger partial charge >= 0.3 is 0 Å². The number of ether oxygens (including phenoxy) is 3. The summed E-state index contributed by atoms with van der Waals surface area (Å²) in [7, 11) is 1.63. The van der Waals surface area contributed by atoms with Crippen molar-refractivity contribution in [2.75, 3.05) is 7.11 Å². The molecule has 0 bridgehead atoms. The molecule has 2 aromatic rings. The van der Waals surface area contributed by atoms with Crippen molar-refractivity contribution in [3.63, 3.8) is 0 Å². The third kappa shape index (κ3) is 5.01. The third-order valence-electron chi connectivity index (χ3n) is 3.82. The highest BCUT2D eigenvalue weighted by molar-refractivity contribution is 9.10. The first-order valence-corrected chi connectivity index (χ1v) is 8.67. The zero-order valence-electron chi connectivity index (χ0n) is 14.9. The molecule has 0 heterocycles. The lowest BCUT2D eigenvalue weighted by Crippen LogP contribution is -2.26. The minimum absolute atomic E-state index is 0.327. The molecule has 4 nitrogen and oxygen atoms in total. The summed E-state index contributed by atoms with van der Waals surface area (Å²) in [6, 6.07) is 10.1. The molecule has 0 atom stereocenters. The van der Waals surface area contributed by atoms with Gasteiger partial charge in [-0.05, 0) is 55.7 Å². The average Bonchev–Trinajstić information content (AvgIpc) is 2.51. The van der Waals surface area contributed by atoms with E-state index in [1.165, 1.54) is 0 Å². The van der Waals surface area contributed by atoms with Crippen molar-refractivity contribution in [2.45, 2.75) is 52.5 Å². The first kappa shape index (κ1) is 19.3. The fourth-order valence-electron chi connectivity index (χ4n) is 2.30. The summed E-state index contributed by atoms with van der Waals surface area (Å²) in [6.45, 7) is 7.77. The van der Waals surface area contributed by atoms with Crippen LogP contribution in [0.2, 0.25) is 0 Å². The molecule has 0 fully saturated rings. The third-order valence-corrected chi connectivity index (χ3v) is 4.53. The molecular formula is C19H25BrO4. The van der Waals surface area contributed by atoms with E-state index in [4.69, 9.17) is 14.2 Å². The number of benzene rings is 2. The minimum atomic E-state index is -1.17. The zero-order chi connectivity index (χ0) is 18.0. The van der Waals surface area contributed by atoms with Gasteiger partial charge in [0.2, 0.25) is 0 Å². The topological polar surface area (TPSA) is 47.9 Å². The standard InChI is InChI=1S/C19H25BrO4/c1-18(2,21)23-11-13-10-17(20)16(12-24-19(3,4)22-5)15-9-7-6-8-14(13)15/h6-10,21H,11-12H2,1-5H3. The predicted octanol–water partition coefficient (Wildman–Crippen LogP) is 4.75. The van der Waals surface area contributed by atoms with Crippen LogP contribution in [-0.4, -0.2) is 23.8 Å². The lowest BCUT2D eigenvalue weighted by atomic mass is 10.00. The van der Waals surface area contributed by atoms with Crippen molar-refractivity contribution < 1.29 is 19.3 Å². The molecule has 2 aromatic carbocycles. The number of halogens is 1. The SMILES string of the molecule is COC(C)(C)OCc1c(Br)cc(COC(C)(C)O)c2ccccc12. The Labute approximate surface area is 151 Å². The summed E-state index contributed by atoms with van der Waals surface area (Å²) in [5, 5.41) is 12.0. The van der Waals surface area contributed by atoms with E-state index in [1.807, 2.05) is 32.0 Å². The Bertz CT molecular complexity index is 704. The maximum Gasteiger partial charge on any atom is 0.162 e. The van der Waals surface area contributed by atoms with Gasteiger partial charge in [-0.15, -0.1) is 0 Å². The quantitative estimate of drug-likeness (QED) is 0.686. The molecule has 0 saturated carbocycles. The number of aliphatic hydroxyl groups is 1. The lowest BCUT2D eigenvalue weighted by molar-refractivity contribution is -0.204. The van der Waals surface area contributed by atoms with Gasteiger partial charge in [0, 0.05) is 11.6 Å². The van der Waals surface area contributed by atoms with Crippen LogP contribution in [0.4, 0.5) is 0 Å². The molecule has 0 aliphatic rings. The minimum Gasteiger partial charge on any atom is -0.366 e. The van der Waals surface area contributed by atoms with Crippen molar-refractivity contribution in [3.05, 3.63) is 45.9 Å². The first-order valence-electron chi connectivity index (χ1n) is 7.87. The van der Waals surface area contributed by atoms with Crippen molar-refractivity contribution >= 4 is 26.7 Å². The van der Waals surface area contributed by atoms with Crippen molar-refractivity contribution in [2.24, 2.45) is 0 Å². The van der Waals surface area contributed by atoms with Gasteiger partial charge in [0.1, 0.15) is 0 Å². The van der Waals surface area contributed by atoms with E-state index in [2.05, 4.69) is 28.1 Å². The van der Waals surface area contributed by atoms with Crippen molar-refractivity contribution in [1.82, 2.24) is 0 Å². The largest absolute Gasteiger partial charge is 0.366 e. The van der Waals surface area contributed by atoms with E-state index < -0.39 is 11.6 Å². The Kier molecular flexibility index (Phi) is 6.04. The van der Waals surface area contributed by atoms with Crippen LogP contribution < -0.4 is 0 Å². The van der Waals surface area contributed by atoms with E-state index in [1.54, 1.807) is 21.0 Å². The molecule has 0 spiro atoms. The number of hydrogen-bond donors (Lipinski definition) is 1. The van der Waals surface area contributed by atoms with Gasteiger partial charge in [-0.1, -0.05) is 40.2 Å². The molecule has 0 aromatic heterocycles. The summed E-state index contributed by atoms with van der Waals surface area (Å²) in [5.74, 6) is -1.82. The summed E-state index contributed by atoms with van der Waals surface area (Å²) in [5.41, 5.74) is 2.07. The molecular weight excluding hydrogens is 372 g/mol. The maximum absolute atomic E-state index is 9.81. The monoisotopic (exact) mass is 396 g/mol. The first-order chi connectivity index (χ1) is 11.1. The lowest BCUT2D eigenvalue weighted by Gasteiger charge is -2.25. The highest BCUT2D eigenvalue weighted by atomic mass is 79.9. The summed E-state index contributed by atoms with van der Waals surface area (Å²) in [4.78, 5) is 0. The molecule has 0 saturated heterocycles. The van der Waals surface area contributed by atoms with Gasteiger partial charge in [-0.3, -0.25) is 0 Å². The molecule has 0 radical (unpaired) electrons. The van der Waals surface area contributed by atoms with E-state index in [-0.39, 0.29) is 0 Å². The van der Waals surface area contributed by atoms with Gasteiger partial charge in [0.05, 0.1) is 13.2 Å². The summed E-state index contributed by atoms with van der Waals surface area (Å²) in [6.07, 6.45) is 0. The second-order valence-electron chi connectivity index (χ2n) is 6.67. The highest BCUT2D eigenvalue weighted by Crippen LogP contribution is 2.32. The van der Waals surface area contributed by atoms with Gasteiger partial charge in [0.15, 0.2) is 11.6 Å². The van der Waals surface area contributed by atoms with Gasteiger partial charge in [-0.2, -0.15) is 0 Å². The van der Waals surface area contributed by atoms with Crippen molar-refractivity contribution in [1.29, 1.82) is 0 Å². The van der Waals surface area contributed by atoms with E-state index in [9.17, 15) is 5.11 Å². The van der Waals surface area contributed by atoms with Crippen LogP contribution in [0.5, 0.6) is 0 Å². The fourth-order valence-corrected chi connectivity index (χ4v) is 2.90. The molecule has 24 heavy (non-hydrogen) atoms. The molecule has 0 unspecified atom stereocenters. The smallest absolute Gasteiger partial charge is 0.162 e. The number of methoxy groups -OCH3 is 1. The molecule has 0 aliphatic heterocycles. The van der Waals surface area contributed by atoms with Gasteiger partial charge in [0.25, 0.3) is 0 Å². The maximum atomic E-state index is 9.81. The Hall–Kier alpha value is -0.980. The fraction of sp³-hybridized carbons (Fsp3) is 0.474. The number of hydrogen-bond acceptors (Lipinski definition) is 4. The van der Waals surface area contributed by atoms with Gasteiger partial charge in [-0.25, -0.2) is 0 Å². The number of rotatable bonds is 7. The van der Waals surface area contributed by atoms with E-state index in [0.717, 1.165) is 26.4 Å². The summed E-state index contributed by atoms with van der Waals surface area (Å²) >= 11 is 3.64. The summed E-state index contributed by atoms with van der Waals surface area (Å²) < 4.78 is 17.7. The Morgan fingerprint density at radius 3 is 2.21 bits per heavy atom. The predicted molar refractivity (Wildman–Crippen MR) is 98.6 cm³/mol. The molecule has 0 aliphatic carbocycles. The average molecular weight is 397 g/mol. The molecule has 1 N–H and O–H groups in total. The Morgan fingerprint density at radius 2 is 1.62 bits per heavy atom. The van der Waals surface area contributed by atoms with Crippen LogP contribution in [0.25, 0.3) is 10.8 Å². The van der Waals surface area contributed by atoms with Crippen LogP contribution in [0, 0.1) is 0 Å². The molecule has 2 rings (SSSR count). The Morgan fingerprint density at radius 1 is 1.00 bits per heavy atom. The van der Waals surface area contributed by atoms with E-state index in [0.29, 0.717) is 13.2 Å². The van der Waals surface area contributed by atoms with Crippen LogP contribution in [0.1, 0.15) is 38.8 Å². The molecule has 0 amide bonds. The Balaban J connectivity index is 2.39. The molecule has 132 valence electrons. The molecule has 5 heteroatoms. The van der Waals surface area contributed by atoms with Crippen LogP contribution in [-0.2, 0) is 27.4 Å². The zero-order valence-corrected chi connectivity index (χ0v) is 16.4. The van der Waals surface area contributed by atoms with Crippen LogP contribution in [0.3, 0.4) is 0 Å². The van der Waals surface area contributed by atoms with Crippen molar-refractivity contribution in [3.8, 4) is 0 Å². The highest BCUT2D eigenvalue weighted by Gasteiger charge is 2.20. The normalized spacial score (nSPS) is 12.8. The van der Waals surface area contributed by atoms with Crippen LogP contribution in [0.15, 0.2) is 34.8 Å². The van der Waals surface area contributed by atoms with Gasteiger partial charge < -0.3 is 19.3 Å². The van der Waals surface area contributed by atoms with E-state index >= 15 is 0 Å². The number of fused-ring (bicyclic) bond motifs is 1. The van der Waals surface area contributed by atoms with Crippen LogP contribution >= 0.6 is 15.9 Å². The second-order valence-corrected chi connectivity index (χ2v) is 7.52.